The first kappa shape index (κ1) is 19.6. The van der Waals surface area contributed by atoms with E-state index in [2.05, 4.69) is 26.3 Å². The summed E-state index contributed by atoms with van der Waals surface area (Å²) in [6.45, 7) is 1.32. The predicted octanol–water partition coefficient (Wildman–Crippen LogP) is 4.15. The van der Waals surface area contributed by atoms with Crippen molar-refractivity contribution >= 4 is 34.9 Å². The number of nitriles is 1. The van der Waals surface area contributed by atoms with E-state index in [0.29, 0.717) is 35.9 Å². The Hall–Kier alpha value is -3.70. The van der Waals surface area contributed by atoms with Gasteiger partial charge in [0.2, 0.25) is 5.95 Å². The number of halogens is 2. The molecule has 9 heteroatoms. The highest BCUT2D eigenvalue weighted by molar-refractivity contribution is 6.32. The van der Waals surface area contributed by atoms with Crippen LogP contribution in [-0.2, 0) is 13.0 Å². The lowest BCUT2D eigenvalue weighted by Crippen LogP contribution is -2.31. The summed E-state index contributed by atoms with van der Waals surface area (Å²) < 4.78 is 13.9. The second-order valence-electron chi connectivity index (χ2n) is 6.71. The fraction of sp³-hybridized carbons (Fsp3) is 0.143. The molecule has 0 saturated heterocycles. The summed E-state index contributed by atoms with van der Waals surface area (Å²) in [6, 6.07) is 11.9. The van der Waals surface area contributed by atoms with Crippen molar-refractivity contribution in [3.05, 3.63) is 75.8 Å². The highest BCUT2D eigenvalue weighted by Gasteiger charge is 2.21. The fourth-order valence-corrected chi connectivity index (χ4v) is 3.61. The summed E-state index contributed by atoms with van der Waals surface area (Å²) in [4.78, 5) is 21.1. The van der Waals surface area contributed by atoms with Crippen molar-refractivity contribution in [3.8, 4) is 6.07 Å². The molecule has 4 rings (SSSR count). The maximum Gasteiger partial charge on any atom is 0.340 e. The molecule has 30 heavy (non-hydrogen) atoms. The molecule has 0 spiro atoms. The van der Waals surface area contributed by atoms with Gasteiger partial charge in [0.1, 0.15) is 23.3 Å². The number of carbonyl (C=O) groups is 1. The number of anilines is 3. The smallest absolute Gasteiger partial charge is 0.340 e. The number of aromatic carboxylic acids is 1. The molecule has 3 heterocycles. The molecule has 0 saturated carbocycles. The van der Waals surface area contributed by atoms with E-state index in [1.807, 2.05) is 12.1 Å². The van der Waals surface area contributed by atoms with Gasteiger partial charge in [-0.2, -0.15) is 9.65 Å². The Bertz CT molecular complexity index is 1190. The molecule has 7 nitrogen and oxygen atoms in total. The van der Waals surface area contributed by atoms with Crippen LogP contribution in [0.15, 0.2) is 42.6 Å². The number of pyridine rings is 2. The van der Waals surface area contributed by atoms with E-state index in [-0.39, 0.29) is 5.82 Å². The van der Waals surface area contributed by atoms with Crippen molar-refractivity contribution in [1.82, 2.24) is 9.97 Å². The Morgan fingerprint density at radius 1 is 1.30 bits per heavy atom. The zero-order valence-electron chi connectivity index (χ0n) is 15.6. The third kappa shape index (κ3) is 3.75. The molecule has 150 valence electrons. The molecule has 3 aromatic rings. The number of hydrogen-bond acceptors (Lipinski definition) is 6. The summed E-state index contributed by atoms with van der Waals surface area (Å²) in [5.74, 6) is -1.69. The van der Waals surface area contributed by atoms with Gasteiger partial charge in [0.25, 0.3) is 0 Å². The van der Waals surface area contributed by atoms with E-state index >= 15 is 0 Å². The fourth-order valence-electron chi connectivity index (χ4n) is 3.40. The zero-order valence-corrected chi connectivity index (χ0v) is 16.3. The van der Waals surface area contributed by atoms with Crippen molar-refractivity contribution in [3.63, 3.8) is 0 Å². The van der Waals surface area contributed by atoms with Gasteiger partial charge in [-0.15, -0.1) is 0 Å². The van der Waals surface area contributed by atoms with Gasteiger partial charge >= 0.3 is 5.97 Å². The van der Waals surface area contributed by atoms with Gasteiger partial charge in [0, 0.05) is 30.5 Å². The third-order valence-corrected chi connectivity index (χ3v) is 5.22. The van der Waals surface area contributed by atoms with Crippen LogP contribution >= 0.6 is 11.6 Å². The molecular formula is C21H15ClFN5O2. The van der Waals surface area contributed by atoms with Gasteiger partial charge in [-0.1, -0.05) is 11.6 Å². The van der Waals surface area contributed by atoms with Crippen LogP contribution in [0.5, 0.6) is 0 Å². The van der Waals surface area contributed by atoms with E-state index < -0.39 is 17.5 Å². The molecule has 2 N–H and O–H groups in total. The number of carboxylic acid groups (broad SMARTS) is 1. The Morgan fingerprint density at radius 3 is 2.83 bits per heavy atom. The minimum absolute atomic E-state index is 0.180. The first-order valence-electron chi connectivity index (χ1n) is 9.04. The highest BCUT2D eigenvalue weighted by Crippen LogP contribution is 2.31. The topological polar surface area (TPSA) is 102 Å². The monoisotopic (exact) mass is 423 g/mol. The SMILES string of the molecule is N#Cc1ccc(N2CCc3c(ccnc3Nc3ccc(C(=O)O)c(F)n3)C2)cc1Cl. The van der Waals surface area contributed by atoms with Crippen molar-refractivity contribution in [2.45, 2.75) is 13.0 Å². The van der Waals surface area contributed by atoms with Crippen LogP contribution in [0.2, 0.25) is 5.02 Å². The molecule has 1 aliphatic heterocycles. The average molecular weight is 424 g/mol. The van der Waals surface area contributed by atoms with Crippen LogP contribution in [0.3, 0.4) is 0 Å². The molecule has 2 aromatic heterocycles. The lowest BCUT2D eigenvalue weighted by molar-refractivity contribution is 0.0691. The molecule has 0 amide bonds. The maximum absolute atomic E-state index is 13.9. The van der Waals surface area contributed by atoms with Crippen LogP contribution in [0, 0.1) is 17.3 Å². The van der Waals surface area contributed by atoms with E-state index in [9.17, 15) is 9.18 Å². The molecule has 0 aliphatic carbocycles. The third-order valence-electron chi connectivity index (χ3n) is 4.91. The Labute approximate surface area is 176 Å². The maximum atomic E-state index is 13.9. The average Bonchev–Trinajstić information content (AvgIpc) is 2.73. The van der Waals surface area contributed by atoms with Crippen LogP contribution in [0.1, 0.15) is 27.0 Å². The molecule has 0 bridgehead atoms. The van der Waals surface area contributed by atoms with E-state index in [1.54, 1.807) is 18.3 Å². The van der Waals surface area contributed by atoms with Crippen molar-refractivity contribution in [2.24, 2.45) is 0 Å². The first-order chi connectivity index (χ1) is 14.5. The quantitative estimate of drug-likeness (QED) is 0.608. The van der Waals surface area contributed by atoms with E-state index in [4.69, 9.17) is 22.0 Å². The van der Waals surface area contributed by atoms with Crippen LogP contribution in [0.25, 0.3) is 0 Å². The summed E-state index contributed by atoms with van der Waals surface area (Å²) in [6.07, 6.45) is 2.33. The van der Waals surface area contributed by atoms with Gasteiger partial charge in [-0.05, 0) is 48.4 Å². The van der Waals surface area contributed by atoms with Gasteiger partial charge in [-0.25, -0.2) is 14.8 Å². The van der Waals surface area contributed by atoms with Gasteiger partial charge in [0.05, 0.1) is 10.6 Å². The minimum Gasteiger partial charge on any atom is -0.478 e. The molecule has 0 atom stereocenters. The second-order valence-corrected chi connectivity index (χ2v) is 7.12. The molecule has 1 aromatic carbocycles. The predicted molar refractivity (Wildman–Crippen MR) is 110 cm³/mol. The van der Waals surface area contributed by atoms with Crippen LogP contribution in [-0.4, -0.2) is 27.6 Å². The Kier molecular flexibility index (Phi) is 5.21. The number of fused-ring (bicyclic) bond motifs is 1. The summed E-state index contributed by atoms with van der Waals surface area (Å²) in [7, 11) is 0. The van der Waals surface area contributed by atoms with Gasteiger partial charge in [0.15, 0.2) is 0 Å². The van der Waals surface area contributed by atoms with Crippen molar-refractivity contribution in [2.75, 3.05) is 16.8 Å². The first-order valence-corrected chi connectivity index (χ1v) is 9.42. The zero-order chi connectivity index (χ0) is 21.3. The second kappa shape index (κ2) is 7.97. The number of rotatable bonds is 4. The number of aromatic nitrogens is 2. The highest BCUT2D eigenvalue weighted by atomic mass is 35.5. The lowest BCUT2D eigenvalue weighted by Gasteiger charge is -2.31. The van der Waals surface area contributed by atoms with E-state index in [0.717, 1.165) is 16.8 Å². The Morgan fingerprint density at radius 2 is 2.13 bits per heavy atom. The van der Waals surface area contributed by atoms with Gasteiger partial charge in [-0.3, -0.25) is 0 Å². The molecular weight excluding hydrogens is 409 g/mol. The lowest BCUT2D eigenvalue weighted by atomic mass is 10.00. The van der Waals surface area contributed by atoms with Crippen molar-refractivity contribution < 1.29 is 14.3 Å². The molecule has 0 radical (unpaired) electrons. The minimum atomic E-state index is -1.37. The van der Waals surface area contributed by atoms with Crippen LogP contribution < -0.4 is 10.2 Å². The van der Waals surface area contributed by atoms with Crippen molar-refractivity contribution in [1.29, 1.82) is 5.26 Å². The molecule has 0 unspecified atom stereocenters. The van der Waals surface area contributed by atoms with Gasteiger partial charge < -0.3 is 15.3 Å². The van der Waals surface area contributed by atoms with Crippen LogP contribution in [0.4, 0.5) is 21.7 Å². The largest absolute Gasteiger partial charge is 0.478 e. The summed E-state index contributed by atoms with van der Waals surface area (Å²) >= 11 is 6.16. The summed E-state index contributed by atoms with van der Waals surface area (Å²) in [5, 5.41) is 21.4. The number of hydrogen-bond donors (Lipinski definition) is 2. The molecule has 1 aliphatic rings. The molecule has 0 fully saturated rings. The number of carboxylic acids is 1. The normalized spacial score (nSPS) is 12.8. The number of benzene rings is 1. The Balaban J connectivity index is 1.57. The van der Waals surface area contributed by atoms with E-state index in [1.165, 1.54) is 12.1 Å². The number of nitrogens with one attached hydrogen (secondary N) is 1. The number of nitrogens with zero attached hydrogens (tertiary/aromatic N) is 4. The standard InChI is InChI=1S/C21H15ClFN5O2/c22-17-9-14(2-1-12(17)10-24)28-8-6-15-13(11-28)5-7-25-20(15)27-18-4-3-16(21(29)30)19(23)26-18/h1-5,7,9H,6,8,11H2,(H,29,30)(H,25,26,27). The summed E-state index contributed by atoms with van der Waals surface area (Å²) in [5.41, 5.74) is 2.89.